The normalized spacial score (nSPS) is 10.3. The second-order valence-corrected chi connectivity index (χ2v) is 4.68. The van der Waals surface area contributed by atoms with Crippen LogP contribution in [0, 0.1) is 18.3 Å². The van der Waals surface area contributed by atoms with Crippen LogP contribution < -0.4 is 5.73 Å². The molecule has 5 heteroatoms. The van der Waals surface area contributed by atoms with E-state index >= 15 is 0 Å². The van der Waals surface area contributed by atoms with E-state index in [-0.39, 0.29) is 0 Å². The quantitative estimate of drug-likeness (QED) is 0.729. The van der Waals surface area contributed by atoms with Gasteiger partial charge in [0.25, 0.3) is 0 Å². The van der Waals surface area contributed by atoms with E-state index in [1.54, 1.807) is 18.6 Å². The van der Waals surface area contributed by atoms with Crippen molar-refractivity contribution in [3.63, 3.8) is 0 Å². The number of nitrogens with zero attached hydrogens (tertiary/aromatic N) is 4. The third kappa shape index (κ3) is 2.23. The molecular weight excluding hydrogens is 262 g/mol. The smallest absolute Gasteiger partial charge is 0.156 e. The van der Waals surface area contributed by atoms with Gasteiger partial charge in [-0.3, -0.25) is 4.57 Å². The molecule has 0 fully saturated rings. The third-order valence-electron chi connectivity index (χ3n) is 3.29. The van der Waals surface area contributed by atoms with E-state index in [1.807, 2.05) is 41.8 Å². The van der Waals surface area contributed by atoms with Gasteiger partial charge in [-0.2, -0.15) is 5.26 Å². The molecule has 0 saturated carbocycles. The zero-order valence-corrected chi connectivity index (χ0v) is 11.5. The van der Waals surface area contributed by atoms with Gasteiger partial charge in [0, 0.05) is 29.8 Å². The van der Waals surface area contributed by atoms with E-state index in [0.717, 1.165) is 17.0 Å². The number of hydrogen-bond donors (Lipinski definition) is 1. The summed E-state index contributed by atoms with van der Waals surface area (Å²) in [4.78, 5) is 8.70. The number of rotatable bonds is 2. The number of aromatic nitrogens is 3. The summed E-state index contributed by atoms with van der Waals surface area (Å²) in [5.41, 5.74) is 8.76. The molecule has 0 aliphatic heterocycles. The van der Waals surface area contributed by atoms with Crippen molar-refractivity contribution in [1.29, 1.82) is 5.26 Å². The lowest BCUT2D eigenvalue weighted by Gasteiger charge is -2.10. The molecular formula is C16H13N5. The van der Waals surface area contributed by atoms with E-state index in [9.17, 15) is 5.26 Å². The SMILES string of the molecule is Cc1ccnc(-n2ccnc2-c2ccc(N)cc2)c1C#N. The highest BCUT2D eigenvalue weighted by Crippen LogP contribution is 2.24. The molecule has 0 aliphatic carbocycles. The first-order valence-electron chi connectivity index (χ1n) is 6.46. The third-order valence-corrected chi connectivity index (χ3v) is 3.29. The van der Waals surface area contributed by atoms with Gasteiger partial charge in [0.05, 0.1) is 5.56 Å². The molecule has 0 aliphatic rings. The predicted octanol–water partition coefficient (Wildman–Crippen LogP) is 2.70. The van der Waals surface area contributed by atoms with Crippen molar-refractivity contribution in [3.8, 4) is 23.3 Å². The zero-order valence-electron chi connectivity index (χ0n) is 11.5. The molecule has 0 atom stereocenters. The molecule has 0 bridgehead atoms. The number of nitriles is 1. The maximum absolute atomic E-state index is 9.36. The predicted molar refractivity (Wildman–Crippen MR) is 80.7 cm³/mol. The molecule has 21 heavy (non-hydrogen) atoms. The highest BCUT2D eigenvalue weighted by molar-refractivity contribution is 5.62. The number of benzene rings is 1. The largest absolute Gasteiger partial charge is 0.399 e. The van der Waals surface area contributed by atoms with Gasteiger partial charge in [-0.1, -0.05) is 0 Å². The van der Waals surface area contributed by atoms with Gasteiger partial charge in [-0.25, -0.2) is 9.97 Å². The van der Waals surface area contributed by atoms with Crippen molar-refractivity contribution in [3.05, 3.63) is 60.0 Å². The van der Waals surface area contributed by atoms with Crippen molar-refractivity contribution < 1.29 is 0 Å². The fourth-order valence-corrected chi connectivity index (χ4v) is 2.18. The molecule has 3 rings (SSSR count). The van der Waals surface area contributed by atoms with Crippen LogP contribution >= 0.6 is 0 Å². The summed E-state index contributed by atoms with van der Waals surface area (Å²) in [5, 5.41) is 9.36. The van der Waals surface area contributed by atoms with E-state index in [1.165, 1.54) is 0 Å². The first-order valence-corrected chi connectivity index (χ1v) is 6.46. The number of nitrogen functional groups attached to an aromatic ring is 1. The van der Waals surface area contributed by atoms with Crippen molar-refractivity contribution in [2.45, 2.75) is 6.92 Å². The molecule has 0 saturated heterocycles. The maximum atomic E-state index is 9.36. The Morgan fingerprint density at radius 3 is 2.57 bits per heavy atom. The molecule has 0 radical (unpaired) electrons. The second-order valence-electron chi connectivity index (χ2n) is 4.68. The number of nitrogens with two attached hydrogens (primary N) is 1. The summed E-state index contributed by atoms with van der Waals surface area (Å²) in [7, 11) is 0. The van der Waals surface area contributed by atoms with Crippen LogP contribution in [0.5, 0.6) is 0 Å². The number of pyridine rings is 1. The van der Waals surface area contributed by atoms with Crippen molar-refractivity contribution in [2.75, 3.05) is 5.73 Å². The van der Waals surface area contributed by atoms with Crippen molar-refractivity contribution >= 4 is 5.69 Å². The number of hydrogen-bond acceptors (Lipinski definition) is 4. The first kappa shape index (κ1) is 12.9. The van der Waals surface area contributed by atoms with Gasteiger partial charge >= 0.3 is 0 Å². The Balaban J connectivity index is 2.19. The van der Waals surface area contributed by atoms with Crippen LogP contribution in [0.2, 0.25) is 0 Å². The molecule has 0 spiro atoms. The lowest BCUT2D eigenvalue weighted by Crippen LogP contribution is -2.03. The molecule has 2 N–H and O–H groups in total. The van der Waals surface area contributed by atoms with Crippen LogP contribution in [0.15, 0.2) is 48.9 Å². The van der Waals surface area contributed by atoms with E-state index in [2.05, 4.69) is 16.0 Å². The molecule has 2 heterocycles. The van der Waals surface area contributed by atoms with Gasteiger partial charge in [0.2, 0.25) is 0 Å². The van der Waals surface area contributed by atoms with Crippen LogP contribution in [0.4, 0.5) is 5.69 Å². The average molecular weight is 275 g/mol. The molecule has 1 aromatic carbocycles. The van der Waals surface area contributed by atoms with Gasteiger partial charge < -0.3 is 5.73 Å². The Hall–Kier alpha value is -3.13. The maximum Gasteiger partial charge on any atom is 0.156 e. The zero-order chi connectivity index (χ0) is 14.8. The second kappa shape index (κ2) is 5.10. The van der Waals surface area contributed by atoms with Crippen molar-refractivity contribution in [1.82, 2.24) is 14.5 Å². The standard InChI is InChI=1S/C16H13N5/c1-11-6-7-19-16(14(11)10-17)21-9-8-20-15(21)12-2-4-13(18)5-3-12/h2-9H,18H2,1H3. The average Bonchev–Trinajstić information content (AvgIpc) is 2.97. The van der Waals surface area contributed by atoms with E-state index in [4.69, 9.17) is 5.73 Å². The minimum Gasteiger partial charge on any atom is -0.399 e. The molecule has 2 aromatic heterocycles. The number of imidazole rings is 1. The number of aryl methyl sites for hydroxylation is 1. The van der Waals surface area contributed by atoms with Gasteiger partial charge in [-0.15, -0.1) is 0 Å². The Morgan fingerprint density at radius 1 is 1.10 bits per heavy atom. The summed E-state index contributed by atoms with van der Waals surface area (Å²) in [6.07, 6.45) is 5.18. The van der Waals surface area contributed by atoms with Crippen LogP contribution in [-0.4, -0.2) is 14.5 Å². The number of anilines is 1. The molecule has 5 nitrogen and oxygen atoms in total. The van der Waals surface area contributed by atoms with Crippen molar-refractivity contribution in [2.24, 2.45) is 0 Å². The summed E-state index contributed by atoms with van der Waals surface area (Å²) < 4.78 is 1.82. The summed E-state index contributed by atoms with van der Waals surface area (Å²) in [6.45, 7) is 1.89. The Bertz CT molecular complexity index is 825. The molecule has 102 valence electrons. The van der Waals surface area contributed by atoms with Crippen LogP contribution in [0.25, 0.3) is 17.2 Å². The molecule has 3 aromatic rings. The topological polar surface area (TPSA) is 80.5 Å². The highest BCUT2D eigenvalue weighted by Gasteiger charge is 2.13. The Kier molecular flexibility index (Phi) is 3.13. The fraction of sp³-hybridized carbons (Fsp3) is 0.0625. The summed E-state index contributed by atoms with van der Waals surface area (Å²) in [6, 6.07) is 11.5. The van der Waals surface area contributed by atoms with Gasteiger partial charge in [0.15, 0.2) is 5.82 Å². The highest BCUT2D eigenvalue weighted by atomic mass is 15.1. The first-order chi connectivity index (χ1) is 10.2. The minimum atomic E-state index is 0.548. The van der Waals surface area contributed by atoms with Crippen LogP contribution in [0.3, 0.4) is 0 Å². The monoisotopic (exact) mass is 275 g/mol. The van der Waals surface area contributed by atoms with Gasteiger partial charge in [-0.05, 0) is 42.8 Å². The molecule has 0 unspecified atom stereocenters. The lowest BCUT2D eigenvalue weighted by atomic mass is 10.1. The van der Waals surface area contributed by atoms with E-state index < -0.39 is 0 Å². The van der Waals surface area contributed by atoms with Crippen LogP contribution in [0.1, 0.15) is 11.1 Å². The Labute approximate surface area is 122 Å². The Morgan fingerprint density at radius 2 is 1.86 bits per heavy atom. The van der Waals surface area contributed by atoms with Gasteiger partial charge in [0.1, 0.15) is 11.9 Å². The molecule has 0 amide bonds. The summed E-state index contributed by atoms with van der Waals surface area (Å²) in [5.74, 6) is 1.31. The van der Waals surface area contributed by atoms with Crippen LogP contribution in [-0.2, 0) is 0 Å². The van der Waals surface area contributed by atoms with E-state index in [0.29, 0.717) is 17.1 Å². The fourth-order valence-electron chi connectivity index (χ4n) is 2.18. The minimum absolute atomic E-state index is 0.548. The summed E-state index contributed by atoms with van der Waals surface area (Å²) >= 11 is 0. The lowest BCUT2D eigenvalue weighted by molar-refractivity contribution is 0.988.